The Balaban J connectivity index is 1.65. The molecular formula is C13H17N5O. The third kappa shape index (κ3) is 4.17. The second kappa shape index (κ2) is 6.63. The maximum Gasteiger partial charge on any atom is 0.271 e. The Morgan fingerprint density at radius 3 is 2.89 bits per heavy atom. The van der Waals surface area contributed by atoms with Crippen molar-refractivity contribution < 1.29 is 4.79 Å². The summed E-state index contributed by atoms with van der Waals surface area (Å²) in [5.74, 6) is -0.171. The minimum absolute atomic E-state index is 0.171. The zero-order valence-electron chi connectivity index (χ0n) is 10.9. The molecule has 0 spiro atoms. The van der Waals surface area contributed by atoms with Crippen LogP contribution >= 0.6 is 0 Å². The Bertz CT molecular complexity index is 506. The number of carbonyl (C=O) groups is 1. The van der Waals surface area contributed by atoms with Gasteiger partial charge in [0.1, 0.15) is 5.69 Å². The van der Waals surface area contributed by atoms with Crippen LogP contribution in [0.15, 0.2) is 31.1 Å². The molecule has 0 fully saturated rings. The number of unbranched alkanes of at least 4 members (excludes halogenated alkanes) is 1. The quantitative estimate of drug-likeness (QED) is 0.791. The van der Waals surface area contributed by atoms with E-state index < -0.39 is 0 Å². The molecule has 0 saturated carbocycles. The summed E-state index contributed by atoms with van der Waals surface area (Å²) in [7, 11) is 0. The number of amides is 1. The van der Waals surface area contributed by atoms with Crippen molar-refractivity contribution in [3.63, 3.8) is 0 Å². The second-order valence-corrected chi connectivity index (χ2v) is 4.31. The van der Waals surface area contributed by atoms with Gasteiger partial charge >= 0.3 is 0 Å². The molecule has 0 aliphatic carbocycles. The van der Waals surface area contributed by atoms with Crippen molar-refractivity contribution in [2.24, 2.45) is 0 Å². The Morgan fingerprint density at radius 2 is 2.21 bits per heavy atom. The number of imidazole rings is 1. The molecule has 0 bridgehead atoms. The summed E-state index contributed by atoms with van der Waals surface area (Å²) in [4.78, 5) is 23.8. The topological polar surface area (TPSA) is 72.7 Å². The van der Waals surface area contributed by atoms with Gasteiger partial charge in [0.2, 0.25) is 0 Å². The summed E-state index contributed by atoms with van der Waals surface area (Å²) in [6.07, 6.45) is 10.5. The fourth-order valence-electron chi connectivity index (χ4n) is 1.64. The summed E-state index contributed by atoms with van der Waals surface area (Å²) >= 11 is 0. The highest BCUT2D eigenvalue weighted by Gasteiger charge is 2.05. The third-order valence-electron chi connectivity index (χ3n) is 2.70. The average Bonchev–Trinajstić information content (AvgIpc) is 2.92. The molecular weight excluding hydrogens is 242 g/mol. The fourth-order valence-corrected chi connectivity index (χ4v) is 1.64. The first-order valence-electron chi connectivity index (χ1n) is 6.28. The number of rotatable bonds is 6. The molecule has 2 aromatic rings. The van der Waals surface area contributed by atoms with Crippen LogP contribution < -0.4 is 5.32 Å². The first-order valence-corrected chi connectivity index (χ1v) is 6.28. The zero-order valence-corrected chi connectivity index (χ0v) is 10.9. The molecule has 19 heavy (non-hydrogen) atoms. The number of carbonyl (C=O) groups excluding carboxylic acids is 1. The van der Waals surface area contributed by atoms with E-state index in [0.717, 1.165) is 25.1 Å². The lowest BCUT2D eigenvalue weighted by Crippen LogP contribution is -2.25. The van der Waals surface area contributed by atoms with Gasteiger partial charge in [0.05, 0.1) is 18.2 Å². The summed E-state index contributed by atoms with van der Waals surface area (Å²) in [5, 5.41) is 2.83. The number of hydrogen-bond acceptors (Lipinski definition) is 4. The van der Waals surface area contributed by atoms with Crippen molar-refractivity contribution in [3.05, 3.63) is 42.5 Å². The van der Waals surface area contributed by atoms with Gasteiger partial charge in [0.15, 0.2) is 0 Å². The van der Waals surface area contributed by atoms with Crippen LogP contribution in [0.5, 0.6) is 0 Å². The van der Waals surface area contributed by atoms with Gasteiger partial charge in [-0.1, -0.05) is 0 Å². The van der Waals surface area contributed by atoms with Gasteiger partial charge in [-0.3, -0.25) is 9.78 Å². The number of nitrogens with one attached hydrogen (secondary N) is 1. The minimum atomic E-state index is -0.171. The monoisotopic (exact) mass is 259 g/mol. The predicted molar refractivity (Wildman–Crippen MR) is 70.6 cm³/mol. The Morgan fingerprint density at radius 1 is 1.32 bits per heavy atom. The van der Waals surface area contributed by atoms with Crippen LogP contribution in [-0.2, 0) is 6.54 Å². The van der Waals surface area contributed by atoms with Crippen LogP contribution in [0.1, 0.15) is 29.0 Å². The summed E-state index contributed by atoms with van der Waals surface area (Å²) in [5.41, 5.74) is 1.16. The van der Waals surface area contributed by atoms with E-state index in [1.807, 2.05) is 17.7 Å². The molecule has 0 atom stereocenters. The van der Waals surface area contributed by atoms with Crippen LogP contribution in [0.2, 0.25) is 0 Å². The molecule has 2 aromatic heterocycles. The smallest absolute Gasteiger partial charge is 0.271 e. The summed E-state index contributed by atoms with van der Waals surface area (Å²) in [6.45, 7) is 3.40. The number of nitrogens with zero attached hydrogens (tertiary/aromatic N) is 4. The Hall–Kier alpha value is -2.24. The molecule has 0 unspecified atom stereocenters. The third-order valence-corrected chi connectivity index (χ3v) is 2.70. The molecule has 2 heterocycles. The maximum atomic E-state index is 11.7. The molecule has 1 amide bonds. The molecule has 0 aromatic carbocycles. The van der Waals surface area contributed by atoms with E-state index in [2.05, 4.69) is 20.3 Å². The molecule has 6 heteroatoms. The van der Waals surface area contributed by atoms with Crippen molar-refractivity contribution in [2.45, 2.75) is 26.3 Å². The molecule has 0 aliphatic heterocycles. The Labute approximate surface area is 111 Å². The number of aryl methyl sites for hydroxylation is 2. The highest BCUT2D eigenvalue weighted by Crippen LogP contribution is 1.96. The number of hydrogen-bond donors (Lipinski definition) is 1. The van der Waals surface area contributed by atoms with E-state index in [0.29, 0.717) is 12.2 Å². The van der Waals surface area contributed by atoms with E-state index in [-0.39, 0.29) is 5.91 Å². The van der Waals surface area contributed by atoms with Crippen LogP contribution in [0.4, 0.5) is 0 Å². The highest BCUT2D eigenvalue weighted by molar-refractivity contribution is 5.91. The largest absolute Gasteiger partial charge is 0.351 e. The molecule has 100 valence electrons. The highest BCUT2D eigenvalue weighted by atomic mass is 16.1. The first-order chi connectivity index (χ1) is 9.25. The van der Waals surface area contributed by atoms with Crippen molar-refractivity contribution in [1.82, 2.24) is 24.8 Å². The van der Waals surface area contributed by atoms with Crippen LogP contribution in [0, 0.1) is 6.92 Å². The van der Waals surface area contributed by atoms with E-state index in [1.165, 1.54) is 6.20 Å². The standard InChI is InChI=1S/C13H17N5O/c1-11-8-17-12(9-16-11)13(19)15-4-2-3-6-18-7-5-14-10-18/h5,7-10H,2-4,6H2,1H3,(H,15,19). The summed E-state index contributed by atoms with van der Waals surface area (Å²) < 4.78 is 2.02. The lowest BCUT2D eigenvalue weighted by Gasteiger charge is -2.05. The molecule has 0 aliphatic rings. The van der Waals surface area contributed by atoms with Gasteiger partial charge < -0.3 is 9.88 Å². The van der Waals surface area contributed by atoms with Gasteiger partial charge in [-0.15, -0.1) is 0 Å². The molecule has 0 saturated heterocycles. The lowest BCUT2D eigenvalue weighted by molar-refractivity contribution is 0.0947. The average molecular weight is 259 g/mol. The minimum Gasteiger partial charge on any atom is -0.351 e. The van der Waals surface area contributed by atoms with Gasteiger partial charge in [-0.05, 0) is 19.8 Å². The fraction of sp³-hybridized carbons (Fsp3) is 0.385. The Kier molecular flexibility index (Phi) is 4.60. The lowest BCUT2D eigenvalue weighted by atomic mass is 10.3. The first kappa shape index (κ1) is 13.2. The van der Waals surface area contributed by atoms with E-state index in [9.17, 15) is 4.79 Å². The van der Waals surface area contributed by atoms with Crippen LogP contribution in [0.3, 0.4) is 0 Å². The molecule has 2 rings (SSSR count). The van der Waals surface area contributed by atoms with E-state index in [1.54, 1.807) is 18.7 Å². The van der Waals surface area contributed by atoms with Crippen molar-refractivity contribution >= 4 is 5.91 Å². The predicted octanol–water partition coefficient (Wildman–Crippen LogP) is 1.19. The molecule has 6 nitrogen and oxygen atoms in total. The van der Waals surface area contributed by atoms with E-state index in [4.69, 9.17) is 0 Å². The summed E-state index contributed by atoms with van der Waals surface area (Å²) in [6, 6.07) is 0. The van der Waals surface area contributed by atoms with Gasteiger partial charge in [-0.25, -0.2) is 9.97 Å². The van der Waals surface area contributed by atoms with E-state index >= 15 is 0 Å². The molecule has 0 radical (unpaired) electrons. The van der Waals surface area contributed by atoms with Crippen LogP contribution in [-0.4, -0.2) is 32.0 Å². The van der Waals surface area contributed by atoms with Crippen molar-refractivity contribution in [1.29, 1.82) is 0 Å². The maximum absolute atomic E-state index is 11.7. The van der Waals surface area contributed by atoms with Crippen molar-refractivity contribution in [2.75, 3.05) is 6.54 Å². The number of aromatic nitrogens is 4. The van der Waals surface area contributed by atoms with Crippen molar-refractivity contribution in [3.8, 4) is 0 Å². The zero-order chi connectivity index (χ0) is 13.5. The second-order valence-electron chi connectivity index (χ2n) is 4.31. The normalized spacial score (nSPS) is 10.4. The molecule has 1 N–H and O–H groups in total. The SMILES string of the molecule is Cc1cnc(C(=O)NCCCCn2ccnc2)cn1. The van der Waals surface area contributed by atoms with Gasteiger partial charge in [0, 0.05) is 31.7 Å². The van der Waals surface area contributed by atoms with Gasteiger partial charge in [0.25, 0.3) is 5.91 Å². The van der Waals surface area contributed by atoms with Crippen LogP contribution in [0.25, 0.3) is 0 Å². The van der Waals surface area contributed by atoms with Gasteiger partial charge in [-0.2, -0.15) is 0 Å².